The highest BCUT2D eigenvalue weighted by atomic mass is 16.2. The summed E-state index contributed by atoms with van der Waals surface area (Å²) in [5.74, 6) is 0.691. The van der Waals surface area contributed by atoms with E-state index < -0.39 is 0 Å². The Balaban J connectivity index is 1.82. The first-order chi connectivity index (χ1) is 9.20. The van der Waals surface area contributed by atoms with Crippen LogP contribution in [0.3, 0.4) is 0 Å². The van der Waals surface area contributed by atoms with Crippen LogP contribution in [0.1, 0.15) is 24.8 Å². The molecule has 1 heterocycles. The van der Waals surface area contributed by atoms with Crippen LogP contribution < -0.4 is 10.6 Å². The number of nitrogens with zero attached hydrogens (tertiary/aromatic N) is 2. The van der Waals surface area contributed by atoms with Crippen molar-refractivity contribution >= 4 is 11.7 Å². The molecule has 0 aromatic heterocycles. The number of likely N-dealkylation sites (N-methyl/N-ethyl adjacent to an activating group) is 1. The summed E-state index contributed by atoms with van der Waals surface area (Å²) in [5.41, 5.74) is 7.71. The van der Waals surface area contributed by atoms with Gasteiger partial charge in [-0.15, -0.1) is 0 Å². The number of hydrogen-bond donors (Lipinski definition) is 1. The maximum atomic E-state index is 12.4. The lowest BCUT2D eigenvalue weighted by Gasteiger charge is -2.33. The van der Waals surface area contributed by atoms with Gasteiger partial charge in [0.05, 0.1) is 6.04 Å². The minimum absolute atomic E-state index is 0.117. The van der Waals surface area contributed by atoms with Gasteiger partial charge in [0.2, 0.25) is 0 Å². The van der Waals surface area contributed by atoms with Crippen molar-refractivity contribution in [2.75, 3.05) is 18.5 Å². The third-order valence-corrected chi connectivity index (χ3v) is 4.55. The first kappa shape index (κ1) is 12.5. The molecule has 2 amide bonds. The number of benzene rings is 1. The molecule has 1 saturated carbocycles. The highest BCUT2D eigenvalue weighted by molar-refractivity contribution is 5.94. The summed E-state index contributed by atoms with van der Waals surface area (Å²) in [6, 6.07) is 8.48. The number of nitrogens with two attached hydrogens (primary N) is 1. The number of rotatable bonds is 3. The minimum atomic E-state index is 0.117. The second-order valence-corrected chi connectivity index (χ2v) is 5.64. The van der Waals surface area contributed by atoms with Crippen LogP contribution in [0.25, 0.3) is 0 Å². The normalized spacial score (nSPS) is 23.9. The molecule has 1 aliphatic heterocycles. The monoisotopic (exact) mass is 259 g/mol. The van der Waals surface area contributed by atoms with Gasteiger partial charge in [0.25, 0.3) is 0 Å². The zero-order valence-corrected chi connectivity index (χ0v) is 11.4. The van der Waals surface area contributed by atoms with Crippen molar-refractivity contribution in [2.45, 2.75) is 31.8 Å². The maximum absolute atomic E-state index is 12.4. The first-order valence-corrected chi connectivity index (χ1v) is 7.04. The quantitative estimate of drug-likeness (QED) is 0.904. The molecule has 2 fully saturated rings. The molecule has 4 nitrogen and oxygen atoms in total. The van der Waals surface area contributed by atoms with Crippen LogP contribution in [0.5, 0.6) is 0 Å². The fraction of sp³-hybridized carbons (Fsp3) is 0.533. The average molecular weight is 259 g/mol. The third kappa shape index (κ3) is 2.10. The van der Waals surface area contributed by atoms with E-state index in [4.69, 9.17) is 5.73 Å². The average Bonchev–Trinajstić information content (AvgIpc) is 2.66. The van der Waals surface area contributed by atoms with Gasteiger partial charge in [-0.1, -0.05) is 18.6 Å². The number of hydrogen-bond acceptors (Lipinski definition) is 2. The van der Waals surface area contributed by atoms with Gasteiger partial charge < -0.3 is 10.6 Å². The predicted molar refractivity (Wildman–Crippen MR) is 76.0 cm³/mol. The summed E-state index contributed by atoms with van der Waals surface area (Å²) in [7, 11) is 1.93. The zero-order chi connectivity index (χ0) is 13.4. The molecular weight excluding hydrogens is 238 g/mol. The molecule has 0 spiro atoms. The summed E-state index contributed by atoms with van der Waals surface area (Å²) in [5, 5.41) is 0. The molecule has 1 aromatic carbocycles. The van der Waals surface area contributed by atoms with Crippen molar-refractivity contribution in [1.82, 2.24) is 4.90 Å². The van der Waals surface area contributed by atoms with Crippen molar-refractivity contribution in [2.24, 2.45) is 11.7 Å². The molecule has 0 radical (unpaired) electrons. The van der Waals surface area contributed by atoms with Gasteiger partial charge >= 0.3 is 6.03 Å². The molecule has 102 valence electrons. The van der Waals surface area contributed by atoms with Gasteiger partial charge in [0, 0.05) is 25.8 Å². The standard InChI is InChI=1S/C15H21N3O/c1-17-14(12-5-3-6-12)10-18(15(17)19)13-7-2-4-11(8-13)9-16/h2,4,7-8,12,14H,3,5-6,9-10,16H2,1H3. The molecular formula is C15H21N3O. The second kappa shape index (κ2) is 4.85. The van der Waals surface area contributed by atoms with Crippen molar-refractivity contribution in [3.8, 4) is 0 Å². The van der Waals surface area contributed by atoms with Crippen LogP contribution in [-0.4, -0.2) is 30.6 Å². The molecule has 1 aliphatic carbocycles. The van der Waals surface area contributed by atoms with E-state index in [1.165, 1.54) is 19.3 Å². The number of carbonyl (C=O) groups excluding carboxylic acids is 1. The van der Waals surface area contributed by atoms with E-state index in [0.29, 0.717) is 18.5 Å². The molecule has 1 saturated heterocycles. The van der Waals surface area contributed by atoms with Crippen molar-refractivity contribution in [1.29, 1.82) is 0 Å². The lowest BCUT2D eigenvalue weighted by atomic mass is 9.79. The number of carbonyl (C=O) groups is 1. The molecule has 19 heavy (non-hydrogen) atoms. The Morgan fingerprint density at radius 2 is 2.16 bits per heavy atom. The van der Waals surface area contributed by atoms with Crippen molar-refractivity contribution < 1.29 is 4.79 Å². The Kier molecular flexibility index (Phi) is 3.19. The highest BCUT2D eigenvalue weighted by Gasteiger charge is 2.41. The Morgan fingerprint density at radius 3 is 2.79 bits per heavy atom. The minimum Gasteiger partial charge on any atom is -0.326 e. The van der Waals surface area contributed by atoms with E-state index in [1.807, 2.05) is 41.1 Å². The van der Waals surface area contributed by atoms with E-state index in [1.54, 1.807) is 0 Å². The lowest BCUT2D eigenvalue weighted by Crippen LogP contribution is -2.39. The first-order valence-electron chi connectivity index (χ1n) is 7.04. The van der Waals surface area contributed by atoms with Gasteiger partial charge in [-0.3, -0.25) is 4.90 Å². The van der Waals surface area contributed by atoms with Crippen molar-refractivity contribution in [3.63, 3.8) is 0 Å². The van der Waals surface area contributed by atoms with E-state index in [2.05, 4.69) is 0 Å². The zero-order valence-electron chi connectivity index (χ0n) is 11.4. The SMILES string of the molecule is CN1C(=O)N(c2cccc(CN)c2)CC1C1CCC1. The van der Waals surface area contributed by atoms with Crippen LogP contribution in [0.2, 0.25) is 0 Å². The third-order valence-electron chi connectivity index (χ3n) is 4.55. The summed E-state index contributed by atoms with van der Waals surface area (Å²) >= 11 is 0. The van der Waals surface area contributed by atoms with E-state index >= 15 is 0 Å². The van der Waals surface area contributed by atoms with Gasteiger partial charge in [0.1, 0.15) is 0 Å². The molecule has 0 bridgehead atoms. The fourth-order valence-electron chi connectivity index (χ4n) is 3.08. The molecule has 1 unspecified atom stereocenters. The van der Waals surface area contributed by atoms with Crippen LogP contribution in [-0.2, 0) is 6.54 Å². The molecule has 1 atom stereocenters. The summed E-state index contributed by atoms with van der Waals surface area (Å²) in [4.78, 5) is 16.2. The number of urea groups is 1. The highest BCUT2D eigenvalue weighted by Crippen LogP contribution is 2.36. The Hall–Kier alpha value is -1.55. The number of amides is 2. The van der Waals surface area contributed by atoms with Crippen LogP contribution >= 0.6 is 0 Å². The topological polar surface area (TPSA) is 49.6 Å². The largest absolute Gasteiger partial charge is 0.326 e. The van der Waals surface area contributed by atoms with Gasteiger partial charge in [-0.25, -0.2) is 4.79 Å². The van der Waals surface area contributed by atoms with Gasteiger partial charge in [-0.05, 0) is 36.5 Å². The van der Waals surface area contributed by atoms with Crippen LogP contribution in [0.15, 0.2) is 24.3 Å². The second-order valence-electron chi connectivity index (χ2n) is 5.64. The van der Waals surface area contributed by atoms with Crippen LogP contribution in [0, 0.1) is 5.92 Å². The van der Waals surface area contributed by atoms with Crippen molar-refractivity contribution in [3.05, 3.63) is 29.8 Å². The summed E-state index contributed by atoms with van der Waals surface area (Å²) < 4.78 is 0. The van der Waals surface area contributed by atoms with E-state index in [0.717, 1.165) is 17.8 Å². The molecule has 4 heteroatoms. The fourth-order valence-corrected chi connectivity index (χ4v) is 3.08. The summed E-state index contributed by atoms with van der Waals surface area (Å²) in [6.45, 7) is 1.33. The Bertz CT molecular complexity index is 484. The Labute approximate surface area is 114 Å². The lowest BCUT2D eigenvalue weighted by molar-refractivity contribution is 0.164. The smallest absolute Gasteiger partial charge is 0.324 e. The number of anilines is 1. The van der Waals surface area contributed by atoms with Gasteiger partial charge in [-0.2, -0.15) is 0 Å². The maximum Gasteiger partial charge on any atom is 0.324 e. The molecule has 3 rings (SSSR count). The predicted octanol–water partition coefficient (Wildman–Crippen LogP) is 2.19. The van der Waals surface area contributed by atoms with Gasteiger partial charge in [0.15, 0.2) is 0 Å². The summed E-state index contributed by atoms with van der Waals surface area (Å²) in [6.07, 6.45) is 3.84. The van der Waals surface area contributed by atoms with E-state index in [9.17, 15) is 4.79 Å². The molecule has 2 N–H and O–H groups in total. The Morgan fingerprint density at radius 1 is 1.37 bits per heavy atom. The van der Waals surface area contributed by atoms with E-state index in [-0.39, 0.29) is 6.03 Å². The van der Waals surface area contributed by atoms with Crippen LogP contribution in [0.4, 0.5) is 10.5 Å². The molecule has 2 aliphatic rings. The molecule has 1 aromatic rings.